The molecule has 13 heteroatoms. The minimum atomic E-state index is -3.12. The number of alkyl halides is 2. The second-order valence-corrected chi connectivity index (χ2v) is 8.40. The molecule has 1 amide bonds. The highest BCUT2D eigenvalue weighted by molar-refractivity contribution is 7.17. The second kappa shape index (κ2) is 10.3. The summed E-state index contributed by atoms with van der Waals surface area (Å²) in [6.45, 7) is 0.153. The van der Waals surface area contributed by atoms with Crippen LogP contribution >= 0.6 is 22.9 Å². The van der Waals surface area contributed by atoms with Crippen molar-refractivity contribution in [3.8, 4) is 22.1 Å². The van der Waals surface area contributed by atoms with Crippen molar-refractivity contribution in [1.82, 2.24) is 20.2 Å². The lowest BCUT2D eigenvalue weighted by Crippen LogP contribution is -2.16. The molecule has 0 spiro atoms. The van der Waals surface area contributed by atoms with Crippen LogP contribution in [0.4, 0.5) is 13.9 Å². The summed E-state index contributed by atoms with van der Waals surface area (Å²) in [6, 6.07) is 2.97. The smallest absolute Gasteiger partial charge is 0.387 e. The van der Waals surface area contributed by atoms with Gasteiger partial charge in [-0.15, -0.1) is 5.10 Å². The van der Waals surface area contributed by atoms with E-state index in [0.717, 1.165) is 17.8 Å². The van der Waals surface area contributed by atoms with Gasteiger partial charge in [-0.25, -0.2) is 4.98 Å². The topological polar surface area (TPSA) is 108 Å². The van der Waals surface area contributed by atoms with Crippen LogP contribution in [0.25, 0.3) is 11.1 Å². The van der Waals surface area contributed by atoms with Crippen LogP contribution in [-0.2, 0) is 4.74 Å². The molecule has 0 aromatic carbocycles. The van der Waals surface area contributed by atoms with Crippen molar-refractivity contribution in [3.63, 3.8) is 0 Å². The maximum atomic E-state index is 13.1. The zero-order valence-corrected chi connectivity index (χ0v) is 18.8. The van der Waals surface area contributed by atoms with Crippen LogP contribution in [0.1, 0.15) is 22.5 Å². The quantitative estimate of drug-likeness (QED) is 0.461. The molecule has 4 rings (SSSR count). The number of nitrogens with zero attached hydrogens (tertiary/aromatic N) is 4. The number of carbonyl (C=O) groups is 1. The maximum absolute atomic E-state index is 13.1. The Hall–Kier alpha value is -2.96. The SMILES string of the molecule is Cc1ncc(C(=O)Nc2nnc(OC[C@H]3CCOC3)s2)c(-c2ccnc(Cl)c2)c1OC(F)F. The number of carbonyl (C=O) groups excluding carboxylic acids is 1. The molecule has 1 N–H and O–H groups in total. The summed E-state index contributed by atoms with van der Waals surface area (Å²) < 4.78 is 41.9. The summed E-state index contributed by atoms with van der Waals surface area (Å²) in [4.78, 5) is 21.0. The molecule has 1 saturated heterocycles. The minimum Gasteiger partial charge on any atom is -0.469 e. The van der Waals surface area contributed by atoms with Gasteiger partial charge in [0.1, 0.15) is 5.15 Å². The van der Waals surface area contributed by atoms with E-state index in [-0.39, 0.29) is 38.8 Å². The van der Waals surface area contributed by atoms with Gasteiger partial charge in [-0.3, -0.25) is 15.1 Å². The second-order valence-electron chi connectivity index (χ2n) is 7.08. The molecule has 1 aliphatic rings. The van der Waals surface area contributed by atoms with Gasteiger partial charge < -0.3 is 14.2 Å². The molecule has 1 fully saturated rings. The summed E-state index contributed by atoms with van der Waals surface area (Å²) >= 11 is 7.02. The van der Waals surface area contributed by atoms with Crippen LogP contribution in [0.2, 0.25) is 5.15 Å². The van der Waals surface area contributed by atoms with E-state index in [9.17, 15) is 13.6 Å². The molecule has 3 aromatic heterocycles. The van der Waals surface area contributed by atoms with E-state index < -0.39 is 12.5 Å². The van der Waals surface area contributed by atoms with E-state index in [1.807, 2.05) is 0 Å². The normalized spacial score (nSPS) is 15.6. The summed E-state index contributed by atoms with van der Waals surface area (Å²) in [6.07, 6.45) is 3.57. The molecular weight excluding hydrogens is 480 g/mol. The number of amides is 1. The molecular formula is C20H18ClF2N5O4S. The van der Waals surface area contributed by atoms with Gasteiger partial charge in [-0.1, -0.05) is 16.7 Å². The Labute approximate surface area is 196 Å². The lowest BCUT2D eigenvalue weighted by atomic mass is 9.99. The molecule has 1 aliphatic heterocycles. The Morgan fingerprint density at radius 2 is 2.24 bits per heavy atom. The molecule has 0 bridgehead atoms. The van der Waals surface area contributed by atoms with Crippen LogP contribution in [-0.4, -0.2) is 52.5 Å². The van der Waals surface area contributed by atoms with Gasteiger partial charge in [-0.2, -0.15) is 8.78 Å². The van der Waals surface area contributed by atoms with Crippen molar-refractivity contribution in [1.29, 1.82) is 0 Å². The number of hydrogen-bond acceptors (Lipinski definition) is 9. The predicted molar refractivity (Wildman–Crippen MR) is 116 cm³/mol. The van der Waals surface area contributed by atoms with Crippen LogP contribution in [0.15, 0.2) is 24.5 Å². The molecule has 33 heavy (non-hydrogen) atoms. The van der Waals surface area contributed by atoms with E-state index in [0.29, 0.717) is 30.6 Å². The molecule has 174 valence electrons. The average Bonchev–Trinajstić information content (AvgIpc) is 3.45. The number of rotatable bonds is 8. The third-order valence-electron chi connectivity index (χ3n) is 4.77. The molecule has 0 aliphatic carbocycles. The van der Waals surface area contributed by atoms with E-state index in [1.165, 1.54) is 31.5 Å². The molecule has 0 saturated carbocycles. The first kappa shape index (κ1) is 23.2. The van der Waals surface area contributed by atoms with Gasteiger partial charge in [0.05, 0.1) is 24.5 Å². The third-order valence-corrected chi connectivity index (χ3v) is 5.73. The van der Waals surface area contributed by atoms with Crippen molar-refractivity contribution in [2.24, 2.45) is 5.92 Å². The highest BCUT2D eigenvalue weighted by Gasteiger charge is 2.24. The number of aromatic nitrogens is 4. The largest absolute Gasteiger partial charge is 0.469 e. The first-order valence-electron chi connectivity index (χ1n) is 9.82. The number of anilines is 1. The van der Waals surface area contributed by atoms with Gasteiger partial charge in [0.2, 0.25) is 5.13 Å². The van der Waals surface area contributed by atoms with Gasteiger partial charge >= 0.3 is 6.61 Å². The molecule has 0 radical (unpaired) electrons. The Morgan fingerprint density at radius 3 is 2.97 bits per heavy atom. The monoisotopic (exact) mass is 497 g/mol. The van der Waals surface area contributed by atoms with Crippen molar-refractivity contribution in [2.75, 3.05) is 25.1 Å². The fraction of sp³-hybridized carbons (Fsp3) is 0.350. The van der Waals surface area contributed by atoms with Gasteiger partial charge in [-0.05, 0) is 42.4 Å². The van der Waals surface area contributed by atoms with Crippen molar-refractivity contribution in [2.45, 2.75) is 20.0 Å². The first-order chi connectivity index (χ1) is 15.9. The summed E-state index contributed by atoms with van der Waals surface area (Å²) in [5, 5.41) is 11.0. The Balaban J connectivity index is 1.59. The lowest BCUT2D eigenvalue weighted by molar-refractivity contribution is -0.0502. The number of pyridine rings is 2. The number of hydrogen-bond donors (Lipinski definition) is 1. The minimum absolute atomic E-state index is 0.0145. The lowest BCUT2D eigenvalue weighted by Gasteiger charge is -2.16. The van der Waals surface area contributed by atoms with E-state index in [2.05, 4.69) is 25.5 Å². The molecule has 0 unspecified atom stereocenters. The standard InChI is InChI=1S/C20H18ClF2N5O4S/c1-10-16(32-18(22)23)15(12-2-4-24-14(21)6-12)13(7-25-10)17(29)26-19-27-28-20(33-19)31-9-11-3-5-30-8-11/h2,4,6-7,11,18H,3,5,8-9H2,1H3,(H,26,27,29)/t11-/m0/s1. The molecule has 1 atom stereocenters. The summed E-state index contributed by atoms with van der Waals surface area (Å²) in [5.41, 5.74) is 0.629. The van der Waals surface area contributed by atoms with Crippen LogP contribution in [0.5, 0.6) is 10.9 Å². The van der Waals surface area contributed by atoms with E-state index in [4.69, 9.17) is 25.8 Å². The van der Waals surface area contributed by atoms with E-state index >= 15 is 0 Å². The fourth-order valence-corrected chi connectivity index (χ4v) is 4.00. The van der Waals surface area contributed by atoms with Crippen molar-refractivity contribution >= 4 is 34.0 Å². The van der Waals surface area contributed by atoms with Crippen molar-refractivity contribution in [3.05, 3.63) is 40.9 Å². The van der Waals surface area contributed by atoms with E-state index in [1.54, 1.807) is 0 Å². The number of ether oxygens (including phenoxy) is 3. The Bertz CT molecular complexity index is 1140. The summed E-state index contributed by atoms with van der Waals surface area (Å²) in [5.74, 6) is -0.593. The fourth-order valence-electron chi connectivity index (χ4n) is 3.22. The molecule has 3 aromatic rings. The number of nitrogens with one attached hydrogen (secondary N) is 1. The third kappa shape index (κ3) is 5.70. The Kier molecular flexibility index (Phi) is 7.26. The highest BCUT2D eigenvalue weighted by Crippen LogP contribution is 2.37. The zero-order chi connectivity index (χ0) is 23.4. The maximum Gasteiger partial charge on any atom is 0.387 e. The molecule has 9 nitrogen and oxygen atoms in total. The van der Waals surface area contributed by atoms with Crippen LogP contribution in [0, 0.1) is 12.8 Å². The molecule has 4 heterocycles. The Morgan fingerprint density at radius 1 is 1.39 bits per heavy atom. The van der Waals surface area contributed by atoms with Crippen LogP contribution < -0.4 is 14.8 Å². The predicted octanol–water partition coefficient (Wildman–Crippen LogP) is 4.23. The number of halogens is 3. The zero-order valence-electron chi connectivity index (χ0n) is 17.3. The van der Waals surface area contributed by atoms with Gasteiger partial charge in [0, 0.05) is 30.5 Å². The van der Waals surface area contributed by atoms with Crippen molar-refractivity contribution < 1.29 is 27.8 Å². The van der Waals surface area contributed by atoms with Gasteiger partial charge in [0.25, 0.3) is 11.1 Å². The number of aryl methyl sites for hydroxylation is 1. The highest BCUT2D eigenvalue weighted by atomic mass is 35.5. The summed E-state index contributed by atoms with van der Waals surface area (Å²) in [7, 11) is 0. The van der Waals surface area contributed by atoms with Crippen LogP contribution in [0.3, 0.4) is 0 Å². The average molecular weight is 498 g/mol. The van der Waals surface area contributed by atoms with Gasteiger partial charge in [0.15, 0.2) is 5.75 Å². The first-order valence-corrected chi connectivity index (χ1v) is 11.0.